The minimum absolute atomic E-state index is 0.0571. The molecule has 0 aliphatic rings. The molecule has 21 heavy (non-hydrogen) atoms. The van der Waals surface area contributed by atoms with Crippen molar-refractivity contribution >= 4 is 39.6 Å². The van der Waals surface area contributed by atoms with E-state index in [0.717, 1.165) is 10.0 Å². The van der Waals surface area contributed by atoms with Gasteiger partial charge in [-0.3, -0.25) is 4.79 Å². The van der Waals surface area contributed by atoms with Gasteiger partial charge >= 0.3 is 5.97 Å². The van der Waals surface area contributed by atoms with Crippen LogP contribution in [0.15, 0.2) is 59.1 Å². The number of nitrogens with one attached hydrogen (secondary N) is 1. The number of carbonyl (C=O) groups is 2. The van der Waals surface area contributed by atoms with Gasteiger partial charge in [0.25, 0.3) is 0 Å². The Bertz CT molecular complexity index is 710. The predicted molar refractivity (Wildman–Crippen MR) is 85.2 cm³/mol. The van der Waals surface area contributed by atoms with E-state index in [1.165, 1.54) is 12.1 Å². The lowest BCUT2D eigenvalue weighted by molar-refractivity contribution is -0.111. The van der Waals surface area contributed by atoms with Gasteiger partial charge in [-0.1, -0.05) is 40.2 Å². The summed E-state index contributed by atoms with van der Waals surface area (Å²) >= 11 is 3.35. The zero-order valence-electron chi connectivity index (χ0n) is 10.9. The Balaban J connectivity index is 2.10. The highest BCUT2D eigenvalue weighted by molar-refractivity contribution is 9.10. The molecule has 0 bridgehead atoms. The number of amides is 1. The molecule has 0 atom stereocenters. The Hall–Kier alpha value is -2.40. The smallest absolute Gasteiger partial charge is 0.337 e. The molecule has 0 heterocycles. The highest BCUT2D eigenvalue weighted by Crippen LogP contribution is 2.15. The normalized spacial score (nSPS) is 10.5. The number of para-hydroxylation sites is 1. The Morgan fingerprint density at radius 3 is 2.57 bits per heavy atom. The van der Waals surface area contributed by atoms with Crippen molar-refractivity contribution in [3.63, 3.8) is 0 Å². The lowest BCUT2D eigenvalue weighted by Crippen LogP contribution is -2.11. The van der Waals surface area contributed by atoms with E-state index in [0.29, 0.717) is 0 Å². The van der Waals surface area contributed by atoms with E-state index in [9.17, 15) is 9.59 Å². The summed E-state index contributed by atoms with van der Waals surface area (Å²) in [5, 5.41) is 11.6. The van der Waals surface area contributed by atoms with Crippen LogP contribution < -0.4 is 5.32 Å². The number of halogens is 1. The molecule has 0 aliphatic heterocycles. The summed E-state index contributed by atoms with van der Waals surface area (Å²) in [5.74, 6) is -1.47. The second-order valence-electron chi connectivity index (χ2n) is 4.23. The van der Waals surface area contributed by atoms with Crippen molar-refractivity contribution in [1.29, 1.82) is 0 Å². The zero-order chi connectivity index (χ0) is 15.2. The number of carboxylic acid groups (broad SMARTS) is 1. The summed E-state index contributed by atoms with van der Waals surface area (Å²) in [6.45, 7) is 0. The first-order valence-electron chi connectivity index (χ1n) is 6.13. The quantitative estimate of drug-likeness (QED) is 0.828. The third-order valence-corrected chi connectivity index (χ3v) is 3.18. The average Bonchev–Trinajstić information content (AvgIpc) is 2.45. The van der Waals surface area contributed by atoms with Crippen LogP contribution in [0.1, 0.15) is 15.9 Å². The number of benzene rings is 2. The van der Waals surface area contributed by atoms with Gasteiger partial charge in [0.1, 0.15) is 0 Å². The molecule has 0 aromatic heterocycles. The average molecular weight is 346 g/mol. The Morgan fingerprint density at radius 1 is 1.10 bits per heavy atom. The van der Waals surface area contributed by atoms with Crippen molar-refractivity contribution in [3.8, 4) is 0 Å². The van der Waals surface area contributed by atoms with Gasteiger partial charge in [0.2, 0.25) is 5.91 Å². The van der Waals surface area contributed by atoms with E-state index in [-0.39, 0.29) is 17.2 Å². The van der Waals surface area contributed by atoms with Crippen LogP contribution in [0.3, 0.4) is 0 Å². The van der Waals surface area contributed by atoms with Crippen LogP contribution in [-0.4, -0.2) is 17.0 Å². The van der Waals surface area contributed by atoms with Gasteiger partial charge in [0, 0.05) is 10.5 Å². The molecule has 1 amide bonds. The van der Waals surface area contributed by atoms with Crippen molar-refractivity contribution in [2.45, 2.75) is 0 Å². The van der Waals surface area contributed by atoms with Crippen molar-refractivity contribution in [2.24, 2.45) is 0 Å². The lowest BCUT2D eigenvalue weighted by Gasteiger charge is -2.05. The minimum Gasteiger partial charge on any atom is -0.478 e. The third kappa shape index (κ3) is 4.29. The number of carbonyl (C=O) groups excluding carboxylic acids is 1. The number of carboxylic acids is 1. The van der Waals surface area contributed by atoms with E-state index >= 15 is 0 Å². The van der Waals surface area contributed by atoms with E-state index in [2.05, 4.69) is 21.2 Å². The van der Waals surface area contributed by atoms with Crippen LogP contribution in [0.5, 0.6) is 0 Å². The molecule has 2 aromatic rings. The van der Waals surface area contributed by atoms with Crippen LogP contribution in [0.4, 0.5) is 5.69 Å². The van der Waals surface area contributed by atoms with Crippen LogP contribution in [0.2, 0.25) is 0 Å². The van der Waals surface area contributed by atoms with Gasteiger partial charge in [-0.15, -0.1) is 0 Å². The molecule has 0 saturated carbocycles. The number of anilines is 1. The van der Waals surface area contributed by atoms with Gasteiger partial charge in [0.15, 0.2) is 0 Å². The summed E-state index contributed by atoms with van der Waals surface area (Å²) in [7, 11) is 0. The van der Waals surface area contributed by atoms with Crippen molar-refractivity contribution in [3.05, 3.63) is 70.2 Å². The van der Waals surface area contributed by atoms with Crippen molar-refractivity contribution in [2.75, 3.05) is 5.32 Å². The van der Waals surface area contributed by atoms with Gasteiger partial charge in [0.05, 0.1) is 11.3 Å². The Kier molecular flexibility index (Phi) is 4.90. The SMILES string of the molecule is O=C(/C=C/c1cccc(Br)c1)Nc1ccccc1C(=O)O. The molecule has 0 fully saturated rings. The van der Waals surface area contributed by atoms with Crippen molar-refractivity contribution < 1.29 is 14.7 Å². The number of hydrogen-bond acceptors (Lipinski definition) is 2. The first-order valence-corrected chi connectivity index (χ1v) is 6.92. The third-order valence-electron chi connectivity index (χ3n) is 2.69. The fourth-order valence-electron chi connectivity index (χ4n) is 1.74. The molecule has 0 aliphatic carbocycles. The molecule has 2 N–H and O–H groups in total. The van der Waals surface area contributed by atoms with Gasteiger partial charge in [-0.25, -0.2) is 4.79 Å². The highest BCUT2D eigenvalue weighted by Gasteiger charge is 2.09. The summed E-state index contributed by atoms with van der Waals surface area (Å²) in [4.78, 5) is 22.9. The first kappa shape index (κ1) is 15.0. The molecule has 0 spiro atoms. The monoisotopic (exact) mass is 345 g/mol. The van der Waals surface area contributed by atoms with Crippen LogP contribution in [0.25, 0.3) is 6.08 Å². The number of rotatable bonds is 4. The molecular formula is C16H12BrNO3. The molecule has 0 unspecified atom stereocenters. The lowest BCUT2D eigenvalue weighted by atomic mass is 10.1. The number of hydrogen-bond donors (Lipinski definition) is 2. The van der Waals surface area contributed by atoms with Gasteiger partial charge in [-0.2, -0.15) is 0 Å². The molecule has 5 heteroatoms. The molecular weight excluding hydrogens is 334 g/mol. The second kappa shape index (κ2) is 6.85. The molecule has 0 saturated heterocycles. The van der Waals surface area contributed by atoms with Crippen LogP contribution >= 0.6 is 15.9 Å². The summed E-state index contributed by atoms with van der Waals surface area (Å²) in [6.07, 6.45) is 3.02. The van der Waals surface area contributed by atoms with Gasteiger partial charge < -0.3 is 10.4 Å². The highest BCUT2D eigenvalue weighted by atomic mass is 79.9. The molecule has 106 valence electrons. The molecule has 4 nitrogen and oxygen atoms in total. The van der Waals surface area contributed by atoms with E-state index in [1.54, 1.807) is 24.3 Å². The van der Waals surface area contributed by atoms with E-state index in [1.807, 2.05) is 24.3 Å². The predicted octanol–water partition coefficient (Wildman–Crippen LogP) is 3.80. The topological polar surface area (TPSA) is 66.4 Å². The fourth-order valence-corrected chi connectivity index (χ4v) is 2.15. The van der Waals surface area contributed by atoms with Crippen molar-refractivity contribution in [1.82, 2.24) is 0 Å². The standard InChI is InChI=1S/C16H12BrNO3/c17-12-5-3-4-11(10-12)8-9-15(19)18-14-7-2-1-6-13(14)16(20)21/h1-10H,(H,18,19)(H,20,21)/b9-8+. The first-order chi connectivity index (χ1) is 10.1. The Morgan fingerprint density at radius 2 is 1.86 bits per heavy atom. The van der Waals surface area contributed by atoms with E-state index < -0.39 is 5.97 Å². The summed E-state index contributed by atoms with van der Waals surface area (Å²) in [6, 6.07) is 13.7. The maximum absolute atomic E-state index is 11.8. The van der Waals surface area contributed by atoms with Crippen LogP contribution in [0, 0.1) is 0 Å². The zero-order valence-corrected chi connectivity index (χ0v) is 12.5. The molecule has 2 aromatic carbocycles. The molecule has 0 radical (unpaired) electrons. The largest absolute Gasteiger partial charge is 0.478 e. The molecule has 2 rings (SSSR count). The maximum atomic E-state index is 11.8. The Labute approximate surface area is 130 Å². The second-order valence-corrected chi connectivity index (χ2v) is 5.14. The summed E-state index contributed by atoms with van der Waals surface area (Å²) in [5.41, 5.74) is 1.20. The minimum atomic E-state index is -1.08. The van der Waals surface area contributed by atoms with E-state index in [4.69, 9.17) is 5.11 Å². The maximum Gasteiger partial charge on any atom is 0.337 e. The van der Waals surface area contributed by atoms with Gasteiger partial charge in [-0.05, 0) is 35.9 Å². The van der Waals surface area contributed by atoms with Crippen LogP contribution in [-0.2, 0) is 4.79 Å². The summed E-state index contributed by atoms with van der Waals surface area (Å²) < 4.78 is 0.918. The fraction of sp³-hybridized carbons (Fsp3) is 0. The number of aromatic carboxylic acids is 1.